The number of rotatable bonds is 6. The van der Waals surface area contributed by atoms with Crippen LogP contribution in [0.5, 0.6) is 0 Å². The number of aromatic nitrogens is 3. The molecule has 7 heteroatoms. The minimum Gasteiger partial charge on any atom is -0.388 e. The van der Waals surface area contributed by atoms with Crippen LogP contribution in [0.3, 0.4) is 0 Å². The van der Waals surface area contributed by atoms with Crippen LogP contribution in [-0.2, 0) is 0 Å². The van der Waals surface area contributed by atoms with Gasteiger partial charge in [0.2, 0.25) is 0 Å². The summed E-state index contributed by atoms with van der Waals surface area (Å²) in [6, 6.07) is 14.7. The number of likely N-dealkylation sites (tertiary alicyclic amines) is 1. The molecule has 1 saturated heterocycles. The van der Waals surface area contributed by atoms with E-state index < -0.39 is 0 Å². The Morgan fingerprint density at radius 2 is 1.91 bits per heavy atom. The standard InChI is InChI=1S/C28H27FN6/c1-35-11-8-22(9-12-35)33-18-21(15-30)19-13-20(17-31-16-19)25-14-27(24-5-2-3-7-26(24)29)34-28-23(25)6-4-10-32-28/h2-7,10,13-18,22,30,33H,8-9,11-12H2,1H3/b21-18+,30-15?. The van der Waals surface area contributed by atoms with E-state index in [2.05, 4.69) is 32.2 Å². The Morgan fingerprint density at radius 3 is 2.71 bits per heavy atom. The highest BCUT2D eigenvalue weighted by atomic mass is 19.1. The maximum absolute atomic E-state index is 14.6. The predicted octanol–water partition coefficient (Wildman–Crippen LogP) is 5.17. The van der Waals surface area contributed by atoms with Gasteiger partial charge >= 0.3 is 0 Å². The van der Waals surface area contributed by atoms with Crippen LogP contribution in [-0.4, -0.2) is 52.2 Å². The maximum atomic E-state index is 14.6. The third-order valence-corrected chi connectivity index (χ3v) is 6.47. The lowest BCUT2D eigenvalue weighted by molar-refractivity contribution is 0.244. The van der Waals surface area contributed by atoms with Gasteiger partial charge in [-0.1, -0.05) is 12.1 Å². The van der Waals surface area contributed by atoms with E-state index in [4.69, 9.17) is 5.41 Å². The van der Waals surface area contributed by atoms with Crippen molar-refractivity contribution in [3.63, 3.8) is 0 Å². The number of allylic oxidation sites excluding steroid dienone is 1. The molecule has 0 atom stereocenters. The molecule has 0 amide bonds. The molecule has 1 fully saturated rings. The first-order valence-corrected chi connectivity index (χ1v) is 11.7. The lowest BCUT2D eigenvalue weighted by atomic mass is 9.98. The van der Waals surface area contributed by atoms with Crippen LogP contribution in [0.25, 0.3) is 39.0 Å². The first-order chi connectivity index (χ1) is 17.1. The first kappa shape index (κ1) is 22.8. The van der Waals surface area contributed by atoms with Gasteiger partial charge in [-0.3, -0.25) is 4.98 Å². The summed E-state index contributed by atoms with van der Waals surface area (Å²) in [7, 11) is 2.14. The molecule has 176 valence electrons. The molecule has 2 N–H and O–H groups in total. The molecule has 1 aromatic carbocycles. The molecule has 1 aliphatic heterocycles. The molecule has 0 radical (unpaired) electrons. The van der Waals surface area contributed by atoms with Gasteiger partial charge < -0.3 is 15.6 Å². The lowest BCUT2D eigenvalue weighted by Crippen LogP contribution is -2.38. The molecule has 0 bridgehead atoms. The summed E-state index contributed by atoms with van der Waals surface area (Å²) in [6.07, 6.45) is 10.6. The molecular formula is C28H27FN6. The first-order valence-electron chi connectivity index (χ1n) is 11.7. The van der Waals surface area contributed by atoms with Crippen molar-refractivity contribution < 1.29 is 4.39 Å². The van der Waals surface area contributed by atoms with Crippen LogP contribution in [0.2, 0.25) is 0 Å². The van der Waals surface area contributed by atoms with Gasteiger partial charge in [0.05, 0.1) is 5.69 Å². The second-order valence-corrected chi connectivity index (χ2v) is 8.86. The van der Waals surface area contributed by atoms with Crippen LogP contribution in [0, 0.1) is 11.2 Å². The van der Waals surface area contributed by atoms with Crippen molar-refractivity contribution >= 4 is 22.8 Å². The molecule has 1 aliphatic rings. The lowest BCUT2D eigenvalue weighted by Gasteiger charge is -2.29. The Balaban J connectivity index is 1.53. The summed E-state index contributed by atoms with van der Waals surface area (Å²) in [5, 5.41) is 12.3. The smallest absolute Gasteiger partial charge is 0.160 e. The molecular weight excluding hydrogens is 439 g/mol. The summed E-state index contributed by atoms with van der Waals surface area (Å²) in [5.74, 6) is -0.331. The quantitative estimate of drug-likeness (QED) is 0.383. The van der Waals surface area contributed by atoms with E-state index in [0.717, 1.165) is 53.6 Å². The van der Waals surface area contributed by atoms with Crippen LogP contribution in [0.1, 0.15) is 18.4 Å². The van der Waals surface area contributed by atoms with Crippen molar-refractivity contribution in [2.45, 2.75) is 18.9 Å². The van der Waals surface area contributed by atoms with E-state index in [-0.39, 0.29) is 5.82 Å². The molecule has 4 aromatic rings. The van der Waals surface area contributed by atoms with Gasteiger partial charge in [-0.2, -0.15) is 0 Å². The van der Waals surface area contributed by atoms with Crippen LogP contribution < -0.4 is 5.32 Å². The normalized spacial score (nSPS) is 15.3. The fraction of sp³-hybridized carbons (Fsp3) is 0.214. The number of nitrogens with one attached hydrogen (secondary N) is 2. The van der Waals surface area contributed by atoms with Crippen molar-refractivity contribution in [1.29, 1.82) is 5.41 Å². The van der Waals surface area contributed by atoms with Crippen LogP contribution in [0.4, 0.5) is 4.39 Å². The number of hydrogen-bond acceptors (Lipinski definition) is 6. The van der Waals surface area contributed by atoms with Crippen molar-refractivity contribution in [1.82, 2.24) is 25.2 Å². The second-order valence-electron chi connectivity index (χ2n) is 8.86. The SMILES string of the molecule is CN1CCC(N/C=C(\C=N)c2cncc(-c3cc(-c4ccccc4F)nc4ncccc34)c2)CC1. The zero-order valence-corrected chi connectivity index (χ0v) is 19.6. The van der Waals surface area contributed by atoms with Crippen molar-refractivity contribution in [2.75, 3.05) is 20.1 Å². The zero-order chi connectivity index (χ0) is 24.2. The predicted molar refractivity (Wildman–Crippen MR) is 139 cm³/mol. The summed E-state index contributed by atoms with van der Waals surface area (Å²) >= 11 is 0. The molecule has 35 heavy (non-hydrogen) atoms. The Kier molecular flexibility index (Phi) is 6.59. The minimum atomic E-state index is -0.331. The van der Waals surface area contributed by atoms with Gasteiger partial charge in [-0.25, -0.2) is 14.4 Å². The van der Waals surface area contributed by atoms with Crippen LogP contribution >= 0.6 is 0 Å². The van der Waals surface area contributed by atoms with Gasteiger partial charge in [-0.05, 0) is 74.9 Å². The van der Waals surface area contributed by atoms with Gasteiger partial charge in [0.25, 0.3) is 0 Å². The number of nitrogens with zero attached hydrogens (tertiary/aromatic N) is 4. The fourth-order valence-electron chi connectivity index (χ4n) is 4.44. The second kappa shape index (κ2) is 10.1. The molecule has 0 unspecified atom stereocenters. The molecule has 4 heterocycles. The summed E-state index contributed by atoms with van der Waals surface area (Å²) in [5.41, 5.74) is 4.79. The number of piperidine rings is 1. The summed E-state index contributed by atoms with van der Waals surface area (Å²) < 4.78 is 14.6. The van der Waals surface area contributed by atoms with E-state index in [1.807, 2.05) is 30.5 Å². The minimum absolute atomic E-state index is 0.331. The van der Waals surface area contributed by atoms with E-state index in [1.165, 1.54) is 12.3 Å². The summed E-state index contributed by atoms with van der Waals surface area (Å²) in [4.78, 5) is 15.8. The largest absolute Gasteiger partial charge is 0.388 e. The van der Waals surface area contributed by atoms with Crippen LogP contribution in [0.15, 0.2) is 73.3 Å². The van der Waals surface area contributed by atoms with E-state index in [0.29, 0.717) is 22.9 Å². The van der Waals surface area contributed by atoms with Crippen molar-refractivity contribution in [2.24, 2.45) is 0 Å². The van der Waals surface area contributed by atoms with E-state index in [9.17, 15) is 4.39 Å². The van der Waals surface area contributed by atoms with Gasteiger partial charge in [-0.15, -0.1) is 0 Å². The van der Waals surface area contributed by atoms with Crippen molar-refractivity contribution in [3.8, 4) is 22.4 Å². The third kappa shape index (κ3) is 4.95. The molecule has 3 aromatic heterocycles. The molecule has 5 rings (SSSR count). The summed E-state index contributed by atoms with van der Waals surface area (Å²) in [6.45, 7) is 2.13. The average Bonchev–Trinajstić information content (AvgIpc) is 2.90. The average molecular weight is 467 g/mol. The third-order valence-electron chi connectivity index (χ3n) is 6.47. The number of halogens is 1. The highest BCUT2D eigenvalue weighted by Crippen LogP contribution is 2.32. The number of benzene rings is 1. The zero-order valence-electron chi connectivity index (χ0n) is 19.6. The molecule has 0 saturated carbocycles. The highest BCUT2D eigenvalue weighted by molar-refractivity contribution is 6.08. The Labute approximate surface area is 204 Å². The number of pyridine rings is 3. The van der Waals surface area contributed by atoms with Gasteiger partial charge in [0, 0.05) is 64.7 Å². The van der Waals surface area contributed by atoms with E-state index >= 15 is 0 Å². The topological polar surface area (TPSA) is 77.8 Å². The van der Waals surface area contributed by atoms with Gasteiger partial charge in [0.15, 0.2) is 5.65 Å². The Bertz CT molecular complexity index is 1390. The molecule has 0 aliphatic carbocycles. The Hall–Kier alpha value is -3.97. The molecule has 6 nitrogen and oxygen atoms in total. The monoisotopic (exact) mass is 466 g/mol. The van der Waals surface area contributed by atoms with E-state index in [1.54, 1.807) is 36.8 Å². The number of fused-ring (bicyclic) bond motifs is 1. The maximum Gasteiger partial charge on any atom is 0.160 e. The van der Waals surface area contributed by atoms with Gasteiger partial charge in [0.1, 0.15) is 5.82 Å². The Morgan fingerprint density at radius 1 is 1.09 bits per heavy atom. The molecule has 0 spiro atoms. The fourth-order valence-corrected chi connectivity index (χ4v) is 4.44. The highest BCUT2D eigenvalue weighted by Gasteiger charge is 2.16. The number of hydrogen-bond donors (Lipinski definition) is 2. The van der Waals surface area contributed by atoms with Crippen molar-refractivity contribution in [3.05, 3.63) is 84.7 Å².